The van der Waals surface area contributed by atoms with E-state index >= 15 is 0 Å². The SMILES string of the molecule is Cc1cccc(N2CCN(C(=S)c3ccc(N(C)C)cc3)CC2)c1. The summed E-state index contributed by atoms with van der Waals surface area (Å²) in [4.78, 5) is 7.84. The van der Waals surface area contributed by atoms with Gasteiger partial charge in [-0.05, 0) is 48.9 Å². The van der Waals surface area contributed by atoms with Crippen LogP contribution in [0.5, 0.6) is 0 Å². The fourth-order valence-electron chi connectivity index (χ4n) is 3.08. The van der Waals surface area contributed by atoms with E-state index in [1.807, 2.05) is 0 Å². The molecule has 0 radical (unpaired) electrons. The Hall–Kier alpha value is -2.07. The van der Waals surface area contributed by atoms with Crippen LogP contribution < -0.4 is 9.80 Å². The topological polar surface area (TPSA) is 9.72 Å². The Morgan fingerprint density at radius 2 is 1.62 bits per heavy atom. The van der Waals surface area contributed by atoms with Gasteiger partial charge in [0, 0.05) is 57.2 Å². The van der Waals surface area contributed by atoms with Crippen LogP contribution in [0, 0.1) is 6.92 Å². The highest BCUT2D eigenvalue weighted by atomic mass is 32.1. The van der Waals surface area contributed by atoms with Gasteiger partial charge in [0.05, 0.1) is 0 Å². The molecule has 1 saturated heterocycles. The number of hydrogen-bond acceptors (Lipinski definition) is 3. The van der Waals surface area contributed by atoms with Crippen LogP contribution in [0.1, 0.15) is 11.1 Å². The van der Waals surface area contributed by atoms with Gasteiger partial charge in [-0.3, -0.25) is 0 Å². The average Bonchev–Trinajstić information content (AvgIpc) is 2.61. The van der Waals surface area contributed by atoms with Crippen LogP contribution in [0.2, 0.25) is 0 Å². The maximum atomic E-state index is 5.72. The van der Waals surface area contributed by atoms with Crippen molar-refractivity contribution in [1.82, 2.24) is 4.90 Å². The third-order valence-electron chi connectivity index (χ3n) is 4.56. The van der Waals surface area contributed by atoms with Crippen molar-refractivity contribution in [3.05, 3.63) is 59.7 Å². The van der Waals surface area contributed by atoms with Crippen molar-refractivity contribution in [2.45, 2.75) is 6.92 Å². The number of benzene rings is 2. The van der Waals surface area contributed by atoms with Gasteiger partial charge in [0.15, 0.2) is 0 Å². The molecule has 3 nitrogen and oxygen atoms in total. The Labute approximate surface area is 150 Å². The molecule has 126 valence electrons. The molecule has 0 aliphatic carbocycles. The minimum absolute atomic E-state index is 0.962. The van der Waals surface area contributed by atoms with Crippen molar-refractivity contribution in [2.75, 3.05) is 50.1 Å². The molecule has 4 heteroatoms. The number of piperazine rings is 1. The number of aryl methyl sites for hydroxylation is 1. The number of anilines is 2. The molecule has 1 heterocycles. The van der Waals surface area contributed by atoms with Crippen LogP contribution in [0.3, 0.4) is 0 Å². The minimum atomic E-state index is 0.962. The monoisotopic (exact) mass is 339 g/mol. The van der Waals surface area contributed by atoms with E-state index in [0.29, 0.717) is 0 Å². The average molecular weight is 340 g/mol. The second kappa shape index (κ2) is 7.22. The molecule has 2 aromatic rings. The maximum absolute atomic E-state index is 5.72. The summed E-state index contributed by atoms with van der Waals surface area (Å²) in [6.07, 6.45) is 0. The van der Waals surface area contributed by atoms with Crippen LogP contribution >= 0.6 is 12.2 Å². The van der Waals surface area contributed by atoms with E-state index in [1.54, 1.807) is 0 Å². The predicted octanol–water partition coefficient (Wildman–Crippen LogP) is 3.56. The molecular formula is C20H25N3S. The van der Waals surface area contributed by atoms with Crippen molar-refractivity contribution < 1.29 is 0 Å². The second-order valence-electron chi connectivity index (χ2n) is 6.56. The van der Waals surface area contributed by atoms with E-state index in [9.17, 15) is 0 Å². The summed E-state index contributed by atoms with van der Waals surface area (Å²) in [5.41, 5.74) is 4.97. The zero-order valence-corrected chi connectivity index (χ0v) is 15.5. The molecule has 0 atom stereocenters. The summed E-state index contributed by atoms with van der Waals surface area (Å²) < 4.78 is 0. The Bertz CT molecular complexity index is 701. The van der Waals surface area contributed by atoms with E-state index in [-0.39, 0.29) is 0 Å². The smallest absolute Gasteiger partial charge is 0.109 e. The first-order chi connectivity index (χ1) is 11.5. The van der Waals surface area contributed by atoms with Gasteiger partial charge in [-0.25, -0.2) is 0 Å². The third-order valence-corrected chi connectivity index (χ3v) is 5.06. The van der Waals surface area contributed by atoms with E-state index in [1.165, 1.54) is 16.9 Å². The van der Waals surface area contributed by atoms with Crippen molar-refractivity contribution >= 4 is 28.6 Å². The van der Waals surface area contributed by atoms with Crippen molar-refractivity contribution in [1.29, 1.82) is 0 Å². The molecule has 2 aromatic carbocycles. The fourth-order valence-corrected chi connectivity index (χ4v) is 3.40. The highest BCUT2D eigenvalue weighted by molar-refractivity contribution is 7.80. The molecule has 0 N–H and O–H groups in total. The summed E-state index contributed by atoms with van der Waals surface area (Å²) in [5, 5.41) is 0. The lowest BCUT2D eigenvalue weighted by molar-refractivity contribution is 0.392. The molecule has 1 fully saturated rings. The predicted molar refractivity (Wildman–Crippen MR) is 107 cm³/mol. The Balaban J connectivity index is 1.62. The van der Waals surface area contributed by atoms with E-state index < -0.39 is 0 Å². The number of rotatable bonds is 3. The normalized spacial score (nSPS) is 14.6. The Kier molecular flexibility index (Phi) is 5.05. The third kappa shape index (κ3) is 3.70. The largest absolute Gasteiger partial charge is 0.378 e. The van der Waals surface area contributed by atoms with E-state index in [4.69, 9.17) is 12.2 Å². The Morgan fingerprint density at radius 1 is 0.958 bits per heavy atom. The molecule has 0 spiro atoms. The molecule has 0 amide bonds. The van der Waals surface area contributed by atoms with Crippen LogP contribution in [0.25, 0.3) is 0 Å². The maximum Gasteiger partial charge on any atom is 0.109 e. The Morgan fingerprint density at radius 3 is 2.21 bits per heavy atom. The molecular weight excluding hydrogens is 314 g/mol. The summed E-state index contributed by atoms with van der Waals surface area (Å²) in [6.45, 7) is 6.12. The summed E-state index contributed by atoms with van der Waals surface area (Å²) in [7, 11) is 4.11. The first-order valence-corrected chi connectivity index (χ1v) is 8.84. The van der Waals surface area contributed by atoms with Crippen LogP contribution in [0.15, 0.2) is 48.5 Å². The van der Waals surface area contributed by atoms with Gasteiger partial charge in [0.25, 0.3) is 0 Å². The fraction of sp³-hybridized carbons (Fsp3) is 0.350. The first kappa shape index (κ1) is 16.8. The molecule has 1 aliphatic rings. The van der Waals surface area contributed by atoms with Gasteiger partial charge in [0.2, 0.25) is 0 Å². The number of nitrogens with zero attached hydrogens (tertiary/aromatic N) is 3. The standard InChI is InChI=1S/C20H25N3S/c1-16-5-4-6-19(15-16)22-11-13-23(14-12-22)20(24)17-7-9-18(10-8-17)21(2)3/h4-10,15H,11-14H2,1-3H3. The van der Waals surface area contributed by atoms with Gasteiger partial charge in [-0.15, -0.1) is 0 Å². The molecule has 3 rings (SSSR count). The highest BCUT2D eigenvalue weighted by Crippen LogP contribution is 2.20. The van der Waals surface area contributed by atoms with Gasteiger partial charge in [-0.1, -0.05) is 24.4 Å². The first-order valence-electron chi connectivity index (χ1n) is 8.43. The molecule has 0 aromatic heterocycles. The van der Waals surface area contributed by atoms with Crippen molar-refractivity contribution in [3.8, 4) is 0 Å². The molecule has 0 unspecified atom stereocenters. The second-order valence-corrected chi connectivity index (χ2v) is 6.95. The van der Waals surface area contributed by atoms with Crippen molar-refractivity contribution in [2.24, 2.45) is 0 Å². The summed E-state index contributed by atoms with van der Waals surface area (Å²) >= 11 is 5.72. The molecule has 0 saturated carbocycles. The number of hydrogen-bond donors (Lipinski definition) is 0. The van der Waals surface area contributed by atoms with Crippen LogP contribution in [0.4, 0.5) is 11.4 Å². The lowest BCUT2D eigenvalue weighted by atomic mass is 10.1. The zero-order chi connectivity index (χ0) is 17.1. The van der Waals surface area contributed by atoms with Gasteiger partial charge >= 0.3 is 0 Å². The van der Waals surface area contributed by atoms with Gasteiger partial charge in [-0.2, -0.15) is 0 Å². The van der Waals surface area contributed by atoms with Gasteiger partial charge < -0.3 is 14.7 Å². The lowest BCUT2D eigenvalue weighted by Gasteiger charge is -2.37. The molecule has 24 heavy (non-hydrogen) atoms. The molecule has 1 aliphatic heterocycles. The zero-order valence-electron chi connectivity index (χ0n) is 14.7. The van der Waals surface area contributed by atoms with E-state index in [0.717, 1.165) is 36.7 Å². The van der Waals surface area contributed by atoms with Gasteiger partial charge in [0.1, 0.15) is 4.99 Å². The highest BCUT2D eigenvalue weighted by Gasteiger charge is 2.20. The van der Waals surface area contributed by atoms with E-state index in [2.05, 4.69) is 84.2 Å². The van der Waals surface area contributed by atoms with Crippen LogP contribution in [-0.4, -0.2) is 50.2 Å². The number of thiocarbonyl (C=S) groups is 1. The quantitative estimate of drug-likeness (QED) is 0.791. The minimum Gasteiger partial charge on any atom is -0.378 e. The van der Waals surface area contributed by atoms with Crippen LogP contribution in [-0.2, 0) is 0 Å². The lowest BCUT2D eigenvalue weighted by Crippen LogP contribution is -2.48. The summed E-state index contributed by atoms with van der Waals surface area (Å²) in [5.74, 6) is 0. The molecule has 0 bridgehead atoms. The summed E-state index contributed by atoms with van der Waals surface area (Å²) in [6, 6.07) is 17.2. The van der Waals surface area contributed by atoms with Crippen molar-refractivity contribution in [3.63, 3.8) is 0 Å².